The minimum Gasteiger partial charge on any atom is -0.361 e. The van der Waals surface area contributed by atoms with Crippen LogP contribution >= 0.6 is 0 Å². The summed E-state index contributed by atoms with van der Waals surface area (Å²) in [5, 5.41) is 9.31. The quantitative estimate of drug-likeness (QED) is 0.581. The molecule has 0 fully saturated rings. The van der Waals surface area contributed by atoms with Gasteiger partial charge in [0.1, 0.15) is 0 Å². The standard InChI is InChI=1S/C18H18N4O2/c1-2-17(23)20-12-6-8-13(9-7-12)21-18(24)22-16-5-3-4-15-14(16)10-11-19-15/h3-11,19H,2H2,1H3,(H,20,23)(H2,21,22,24). The molecular formula is C18H18N4O2. The van der Waals surface area contributed by atoms with Crippen molar-refractivity contribution in [1.82, 2.24) is 4.98 Å². The number of fused-ring (bicyclic) bond motifs is 1. The van der Waals surface area contributed by atoms with E-state index in [9.17, 15) is 9.59 Å². The number of H-pyrrole nitrogens is 1. The van der Waals surface area contributed by atoms with Gasteiger partial charge in [-0.3, -0.25) is 4.79 Å². The van der Waals surface area contributed by atoms with Crippen molar-refractivity contribution in [3.05, 3.63) is 54.7 Å². The Hall–Kier alpha value is -3.28. The maximum absolute atomic E-state index is 12.2. The summed E-state index contributed by atoms with van der Waals surface area (Å²) in [7, 11) is 0. The van der Waals surface area contributed by atoms with Crippen molar-refractivity contribution in [3.63, 3.8) is 0 Å². The highest BCUT2D eigenvalue weighted by Gasteiger charge is 2.07. The molecule has 6 nitrogen and oxygen atoms in total. The molecule has 24 heavy (non-hydrogen) atoms. The van der Waals surface area contributed by atoms with E-state index in [1.807, 2.05) is 30.5 Å². The highest BCUT2D eigenvalue weighted by Crippen LogP contribution is 2.22. The third-order valence-corrected chi connectivity index (χ3v) is 3.59. The number of rotatable bonds is 4. The maximum Gasteiger partial charge on any atom is 0.323 e. The lowest BCUT2D eigenvalue weighted by Gasteiger charge is -2.09. The van der Waals surface area contributed by atoms with Crippen molar-refractivity contribution in [3.8, 4) is 0 Å². The molecule has 1 heterocycles. The SMILES string of the molecule is CCC(=O)Nc1ccc(NC(=O)Nc2cccc3[nH]ccc23)cc1. The molecule has 0 saturated carbocycles. The summed E-state index contributed by atoms with van der Waals surface area (Å²) in [4.78, 5) is 26.6. The number of hydrogen-bond acceptors (Lipinski definition) is 2. The lowest BCUT2D eigenvalue weighted by molar-refractivity contribution is -0.115. The third-order valence-electron chi connectivity index (χ3n) is 3.59. The van der Waals surface area contributed by atoms with Crippen LogP contribution in [0.1, 0.15) is 13.3 Å². The molecule has 3 rings (SSSR count). The van der Waals surface area contributed by atoms with Crippen LogP contribution in [0.15, 0.2) is 54.7 Å². The van der Waals surface area contributed by atoms with Gasteiger partial charge >= 0.3 is 6.03 Å². The normalized spacial score (nSPS) is 10.4. The summed E-state index contributed by atoms with van der Waals surface area (Å²) in [6.45, 7) is 1.79. The van der Waals surface area contributed by atoms with Gasteiger partial charge < -0.3 is 20.9 Å². The summed E-state index contributed by atoms with van der Waals surface area (Å²) in [5.74, 6) is -0.0481. The Labute approximate surface area is 139 Å². The molecule has 0 saturated heterocycles. The van der Waals surface area contributed by atoms with Crippen molar-refractivity contribution >= 4 is 39.9 Å². The van der Waals surface area contributed by atoms with Gasteiger partial charge in [0, 0.05) is 34.9 Å². The molecule has 0 aliphatic heterocycles. The number of urea groups is 1. The Morgan fingerprint density at radius 2 is 1.62 bits per heavy atom. The number of hydrogen-bond donors (Lipinski definition) is 4. The van der Waals surface area contributed by atoms with Crippen LogP contribution in [-0.4, -0.2) is 16.9 Å². The first-order valence-electron chi connectivity index (χ1n) is 7.69. The lowest BCUT2D eigenvalue weighted by atomic mass is 10.2. The molecule has 122 valence electrons. The predicted molar refractivity (Wildman–Crippen MR) is 96.3 cm³/mol. The van der Waals surface area contributed by atoms with Gasteiger partial charge in [-0.15, -0.1) is 0 Å². The van der Waals surface area contributed by atoms with Gasteiger partial charge in [0.2, 0.25) is 5.91 Å². The molecule has 0 spiro atoms. The molecule has 0 atom stereocenters. The number of benzene rings is 2. The van der Waals surface area contributed by atoms with Gasteiger partial charge in [0.25, 0.3) is 0 Å². The van der Waals surface area contributed by atoms with Gasteiger partial charge in [-0.05, 0) is 42.5 Å². The predicted octanol–water partition coefficient (Wildman–Crippen LogP) is 4.16. The average Bonchev–Trinajstić information content (AvgIpc) is 3.06. The van der Waals surface area contributed by atoms with Gasteiger partial charge in [-0.1, -0.05) is 13.0 Å². The van der Waals surface area contributed by atoms with Crippen molar-refractivity contribution in [1.29, 1.82) is 0 Å². The first kappa shape index (κ1) is 15.6. The second-order valence-electron chi connectivity index (χ2n) is 5.30. The van der Waals surface area contributed by atoms with Crippen molar-refractivity contribution in [2.45, 2.75) is 13.3 Å². The fourth-order valence-corrected chi connectivity index (χ4v) is 2.37. The van der Waals surface area contributed by atoms with E-state index in [-0.39, 0.29) is 11.9 Å². The van der Waals surface area contributed by atoms with E-state index in [1.54, 1.807) is 31.2 Å². The van der Waals surface area contributed by atoms with E-state index in [2.05, 4.69) is 20.9 Å². The molecule has 0 aliphatic rings. The second kappa shape index (κ2) is 6.87. The molecule has 0 unspecified atom stereocenters. The monoisotopic (exact) mass is 322 g/mol. The van der Waals surface area contributed by atoms with Crippen LogP contribution in [0.5, 0.6) is 0 Å². The molecule has 1 aromatic heterocycles. The average molecular weight is 322 g/mol. The highest BCUT2D eigenvalue weighted by atomic mass is 16.2. The van der Waals surface area contributed by atoms with Crippen molar-refractivity contribution < 1.29 is 9.59 Å². The number of anilines is 3. The van der Waals surface area contributed by atoms with Crippen LogP contribution in [0.2, 0.25) is 0 Å². The van der Waals surface area contributed by atoms with Gasteiger partial charge in [0.05, 0.1) is 5.69 Å². The summed E-state index contributed by atoms with van der Waals surface area (Å²) >= 11 is 0. The fraction of sp³-hybridized carbons (Fsp3) is 0.111. The van der Waals surface area contributed by atoms with Gasteiger partial charge in [0.15, 0.2) is 0 Å². The zero-order valence-electron chi connectivity index (χ0n) is 13.2. The number of aromatic nitrogens is 1. The largest absolute Gasteiger partial charge is 0.361 e. The number of carbonyl (C=O) groups excluding carboxylic acids is 2. The lowest BCUT2D eigenvalue weighted by Crippen LogP contribution is -2.19. The van der Waals surface area contributed by atoms with E-state index in [4.69, 9.17) is 0 Å². The summed E-state index contributed by atoms with van der Waals surface area (Å²) < 4.78 is 0. The molecule has 2 aromatic carbocycles. The first-order chi connectivity index (χ1) is 11.7. The van der Waals surface area contributed by atoms with Crippen LogP contribution in [0.4, 0.5) is 21.9 Å². The Balaban J connectivity index is 1.64. The van der Waals surface area contributed by atoms with Crippen LogP contribution in [0.25, 0.3) is 10.9 Å². The molecule has 0 aliphatic carbocycles. The second-order valence-corrected chi connectivity index (χ2v) is 5.30. The van der Waals surface area contributed by atoms with E-state index >= 15 is 0 Å². The number of aromatic amines is 1. The minimum atomic E-state index is -0.325. The van der Waals surface area contributed by atoms with Crippen LogP contribution in [0, 0.1) is 0 Å². The van der Waals surface area contributed by atoms with E-state index in [1.165, 1.54) is 0 Å². The van der Waals surface area contributed by atoms with Gasteiger partial charge in [-0.2, -0.15) is 0 Å². The molecule has 3 amide bonds. The molecule has 4 N–H and O–H groups in total. The first-order valence-corrected chi connectivity index (χ1v) is 7.69. The molecule has 6 heteroatoms. The Morgan fingerprint density at radius 1 is 0.917 bits per heavy atom. The summed E-state index contributed by atoms with van der Waals surface area (Å²) in [6.07, 6.45) is 2.25. The summed E-state index contributed by atoms with van der Waals surface area (Å²) in [5.41, 5.74) is 3.04. The van der Waals surface area contributed by atoms with Gasteiger partial charge in [-0.25, -0.2) is 4.79 Å². The molecular weight excluding hydrogens is 304 g/mol. The summed E-state index contributed by atoms with van der Waals surface area (Å²) in [6, 6.07) is 14.2. The van der Waals surface area contributed by atoms with Crippen LogP contribution < -0.4 is 16.0 Å². The minimum absolute atomic E-state index is 0.0481. The van der Waals surface area contributed by atoms with Crippen LogP contribution in [-0.2, 0) is 4.79 Å². The fourth-order valence-electron chi connectivity index (χ4n) is 2.37. The molecule has 3 aromatic rings. The van der Waals surface area contributed by atoms with E-state index in [0.717, 1.165) is 16.6 Å². The van der Waals surface area contributed by atoms with Crippen molar-refractivity contribution in [2.24, 2.45) is 0 Å². The zero-order chi connectivity index (χ0) is 16.9. The van der Waals surface area contributed by atoms with E-state index in [0.29, 0.717) is 17.8 Å². The number of nitrogens with one attached hydrogen (secondary N) is 4. The molecule has 0 radical (unpaired) electrons. The zero-order valence-corrected chi connectivity index (χ0v) is 13.2. The highest BCUT2D eigenvalue weighted by molar-refractivity contribution is 6.05. The van der Waals surface area contributed by atoms with Crippen molar-refractivity contribution in [2.75, 3.05) is 16.0 Å². The Kier molecular flexibility index (Phi) is 4.47. The maximum atomic E-state index is 12.2. The third kappa shape index (κ3) is 3.55. The molecule has 0 bridgehead atoms. The van der Waals surface area contributed by atoms with Crippen LogP contribution in [0.3, 0.4) is 0 Å². The number of amides is 3. The topological polar surface area (TPSA) is 86.0 Å². The number of carbonyl (C=O) groups is 2. The van der Waals surface area contributed by atoms with E-state index < -0.39 is 0 Å². The Morgan fingerprint density at radius 3 is 2.33 bits per heavy atom. The smallest absolute Gasteiger partial charge is 0.323 e. The Bertz CT molecular complexity index is 868.